The Balaban J connectivity index is 2.44. The van der Waals surface area contributed by atoms with Gasteiger partial charge < -0.3 is 14.8 Å². The summed E-state index contributed by atoms with van der Waals surface area (Å²) in [6.45, 7) is 1.27. The number of hydrogen-bond acceptors (Lipinski definition) is 4. The van der Waals surface area contributed by atoms with Gasteiger partial charge in [0.1, 0.15) is 9.67 Å². The van der Waals surface area contributed by atoms with Crippen LogP contribution in [0.2, 0.25) is 0 Å². The first-order valence-electron chi connectivity index (χ1n) is 5.33. The molecule has 4 nitrogen and oxygen atoms in total. The van der Waals surface area contributed by atoms with Crippen molar-refractivity contribution in [3.05, 3.63) is 28.2 Å². The van der Waals surface area contributed by atoms with Crippen LogP contribution in [0.3, 0.4) is 0 Å². The first-order valence-corrected chi connectivity index (χ1v) is 7.37. The fourth-order valence-electron chi connectivity index (χ4n) is 1.37. The standard InChI is InChI=1S/C12H15BrINO3/c1-17-11-4-3-8(5-9(11)13)6-15-7-10(14)12(16)18-2/h3-5,10,15H,6-7H2,1-2H3. The molecule has 1 aromatic carbocycles. The molecule has 18 heavy (non-hydrogen) atoms. The minimum atomic E-state index is -0.209. The molecule has 0 saturated heterocycles. The van der Waals surface area contributed by atoms with Crippen LogP contribution in [0.15, 0.2) is 22.7 Å². The lowest BCUT2D eigenvalue weighted by Crippen LogP contribution is -2.29. The zero-order valence-corrected chi connectivity index (χ0v) is 13.9. The first-order chi connectivity index (χ1) is 8.58. The molecule has 0 aliphatic rings. The molecule has 0 fully saturated rings. The third-order valence-electron chi connectivity index (χ3n) is 2.33. The van der Waals surface area contributed by atoms with Gasteiger partial charge in [-0.05, 0) is 33.6 Å². The van der Waals surface area contributed by atoms with Gasteiger partial charge in [0.25, 0.3) is 0 Å². The van der Waals surface area contributed by atoms with Gasteiger partial charge in [-0.25, -0.2) is 0 Å². The zero-order valence-electron chi connectivity index (χ0n) is 10.2. The van der Waals surface area contributed by atoms with Crippen molar-refractivity contribution in [1.82, 2.24) is 5.32 Å². The van der Waals surface area contributed by atoms with E-state index in [1.165, 1.54) is 7.11 Å². The lowest BCUT2D eigenvalue weighted by Gasteiger charge is -2.10. The highest BCUT2D eigenvalue weighted by molar-refractivity contribution is 14.1. The summed E-state index contributed by atoms with van der Waals surface area (Å²) in [6, 6.07) is 5.88. The fourth-order valence-corrected chi connectivity index (χ4v) is 2.53. The molecule has 1 atom stereocenters. The maximum atomic E-state index is 11.2. The molecule has 0 aliphatic heterocycles. The van der Waals surface area contributed by atoms with Crippen LogP contribution in [0.4, 0.5) is 0 Å². The summed E-state index contributed by atoms with van der Waals surface area (Å²) < 4.78 is 10.6. The number of benzene rings is 1. The van der Waals surface area contributed by atoms with Crippen molar-refractivity contribution in [3.63, 3.8) is 0 Å². The maximum absolute atomic E-state index is 11.2. The summed E-state index contributed by atoms with van der Waals surface area (Å²) in [6.07, 6.45) is 0. The number of methoxy groups -OCH3 is 2. The summed E-state index contributed by atoms with van der Waals surface area (Å²) in [5, 5.41) is 3.21. The molecule has 0 spiro atoms. The lowest BCUT2D eigenvalue weighted by molar-refractivity contribution is -0.139. The van der Waals surface area contributed by atoms with Crippen LogP contribution in [0.5, 0.6) is 5.75 Å². The Morgan fingerprint density at radius 1 is 1.50 bits per heavy atom. The van der Waals surface area contributed by atoms with Crippen molar-refractivity contribution in [3.8, 4) is 5.75 Å². The Hall–Kier alpha value is -0.340. The molecule has 0 bridgehead atoms. The molecule has 1 aromatic rings. The van der Waals surface area contributed by atoms with E-state index in [0.29, 0.717) is 13.1 Å². The highest BCUT2D eigenvalue weighted by atomic mass is 127. The van der Waals surface area contributed by atoms with Gasteiger partial charge in [-0.1, -0.05) is 28.7 Å². The number of esters is 1. The van der Waals surface area contributed by atoms with Crippen LogP contribution in [0.25, 0.3) is 0 Å². The lowest BCUT2D eigenvalue weighted by atomic mass is 10.2. The number of carbonyl (C=O) groups is 1. The summed E-state index contributed by atoms with van der Waals surface area (Å²) >= 11 is 5.50. The second-order valence-electron chi connectivity index (χ2n) is 3.59. The Morgan fingerprint density at radius 3 is 2.78 bits per heavy atom. The number of carbonyl (C=O) groups excluding carboxylic acids is 1. The van der Waals surface area contributed by atoms with Crippen LogP contribution in [0, 0.1) is 0 Å². The van der Waals surface area contributed by atoms with E-state index in [4.69, 9.17) is 4.74 Å². The van der Waals surface area contributed by atoms with Crippen molar-refractivity contribution in [2.45, 2.75) is 10.5 Å². The quantitative estimate of drug-likeness (QED) is 0.430. The molecule has 1 unspecified atom stereocenters. The smallest absolute Gasteiger partial charge is 0.319 e. The average Bonchev–Trinajstić information content (AvgIpc) is 2.37. The minimum Gasteiger partial charge on any atom is -0.496 e. The maximum Gasteiger partial charge on any atom is 0.319 e. The Morgan fingerprint density at radius 2 is 2.22 bits per heavy atom. The third-order valence-corrected chi connectivity index (χ3v) is 3.89. The van der Waals surface area contributed by atoms with Crippen LogP contribution in [-0.4, -0.2) is 30.7 Å². The van der Waals surface area contributed by atoms with Gasteiger partial charge in [0.05, 0.1) is 18.7 Å². The largest absolute Gasteiger partial charge is 0.496 e. The molecular weight excluding hydrogens is 413 g/mol. The van der Waals surface area contributed by atoms with Crippen molar-refractivity contribution < 1.29 is 14.3 Å². The third kappa shape index (κ3) is 4.74. The normalized spacial score (nSPS) is 12.0. The van der Waals surface area contributed by atoms with E-state index in [0.717, 1.165) is 15.8 Å². The van der Waals surface area contributed by atoms with Crippen molar-refractivity contribution in [1.29, 1.82) is 0 Å². The second-order valence-corrected chi connectivity index (χ2v) is 5.95. The number of halogens is 2. The van der Waals surface area contributed by atoms with Gasteiger partial charge in [0, 0.05) is 13.1 Å². The van der Waals surface area contributed by atoms with Crippen LogP contribution in [0.1, 0.15) is 5.56 Å². The molecule has 6 heteroatoms. The Bertz CT molecular complexity index is 414. The van der Waals surface area contributed by atoms with Gasteiger partial charge in [0.2, 0.25) is 0 Å². The fraction of sp³-hybridized carbons (Fsp3) is 0.417. The molecule has 0 aromatic heterocycles. The predicted octanol–water partition coefficient (Wildman–Crippen LogP) is 2.52. The molecule has 0 heterocycles. The SMILES string of the molecule is COC(=O)C(I)CNCc1ccc(OC)c(Br)c1. The van der Waals surface area contributed by atoms with Crippen molar-refractivity contribution in [2.24, 2.45) is 0 Å². The van der Waals surface area contributed by atoms with Gasteiger partial charge in [0.15, 0.2) is 0 Å². The highest BCUT2D eigenvalue weighted by Crippen LogP contribution is 2.25. The minimum absolute atomic E-state index is 0.172. The molecule has 0 aliphatic carbocycles. The Labute approximate surface area is 129 Å². The molecule has 0 saturated carbocycles. The van der Waals surface area contributed by atoms with Gasteiger partial charge in [-0.15, -0.1) is 0 Å². The van der Waals surface area contributed by atoms with E-state index in [1.54, 1.807) is 7.11 Å². The molecular formula is C12H15BrINO3. The summed E-state index contributed by atoms with van der Waals surface area (Å²) in [5.74, 6) is 0.596. The summed E-state index contributed by atoms with van der Waals surface area (Å²) in [4.78, 5) is 11.2. The number of nitrogens with one attached hydrogen (secondary N) is 1. The van der Waals surface area contributed by atoms with E-state index in [2.05, 4.69) is 48.6 Å². The average molecular weight is 428 g/mol. The highest BCUT2D eigenvalue weighted by Gasteiger charge is 2.13. The van der Waals surface area contributed by atoms with E-state index in [9.17, 15) is 4.79 Å². The Kier molecular flexibility index (Phi) is 6.95. The van der Waals surface area contributed by atoms with Crippen LogP contribution in [-0.2, 0) is 16.1 Å². The molecule has 1 N–H and O–H groups in total. The molecule has 100 valence electrons. The summed E-state index contributed by atoms with van der Waals surface area (Å²) in [7, 11) is 3.03. The van der Waals surface area contributed by atoms with Crippen LogP contribution < -0.4 is 10.1 Å². The molecule has 0 amide bonds. The monoisotopic (exact) mass is 427 g/mol. The van der Waals surface area contributed by atoms with Gasteiger partial charge in [-0.3, -0.25) is 4.79 Å². The van der Waals surface area contributed by atoms with E-state index >= 15 is 0 Å². The number of hydrogen-bond donors (Lipinski definition) is 1. The summed E-state index contributed by atoms with van der Waals surface area (Å²) in [5.41, 5.74) is 1.12. The second kappa shape index (κ2) is 7.96. The first kappa shape index (κ1) is 15.7. The van der Waals surface area contributed by atoms with Gasteiger partial charge >= 0.3 is 5.97 Å². The van der Waals surface area contributed by atoms with Crippen LogP contribution >= 0.6 is 38.5 Å². The number of rotatable bonds is 6. The predicted molar refractivity (Wildman–Crippen MR) is 82.2 cm³/mol. The zero-order chi connectivity index (χ0) is 13.5. The van der Waals surface area contributed by atoms with Crippen molar-refractivity contribution in [2.75, 3.05) is 20.8 Å². The molecule has 1 rings (SSSR count). The van der Waals surface area contributed by atoms with Crippen molar-refractivity contribution >= 4 is 44.5 Å². The van der Waals surface area contributed by atoms with E-state index in [-0.39, 0.29) is 9.89 Å². The van der Waals surface area contributed by atoms with E-state index in [1.807, 2.05) is 18.2 Å². The van der Waals surface area contributed by atoms with Gasteiger partial charge in [-0.2, -0.15) is 0 Å². The number of ether oxygens (including phenoxy) is 2. The van der Waals surface area contributed by atoms with E-state index < -0.39 is 0 Å². The molecule has 0 radical (unpaired) electrons. The topological polar surface area (TPSA) is 47.6 Å². The number of alkyl halides is 1.